The summed E-state index contributed by atoms with van der Waals surface area (Å²) in [5.74, 6) is -0.0690. The topological polar surface area (TPSA) is 46.2 Å². The van der Waals surface area contributed by atoms with E-state index in [-0.39, 0.29) is 17.6 Å². The molecular formula is C10H19NO2. The van der Waals surface area contributed by atoms with Gasteiger partial charge in [0.05, 0.1) is 5.54 Å². The molecule has 0 fully saturated rings. The number of rotatable bonds is 4. The van der Waals surface area contributed by atoms with Crippen molar-refractivity contribution in [3.8, 4) is 0 Å². The van der Waals surface area contributed by atoms with Gasteiger partial charge in [-0.05, 0) is 13.8 Å². The molecule has 3 nitrogen and oxygen atoms in total. The Kier molecular flexibility index (Phi) is 4.11. The van der Waals surface area contributed by atoms with E-state index in [1.807, 2.05) is 13.8 Å². The zero-order valence-corrected chi connectivity index (χ0v) is 9.10. The fourth-order valence-corrected chi connectivity index (χ4v) is 1.22. The van der Waals surface area contributed by atoms with Crippen LogP contribution in [-0.2, 0) is 9.59 Å². The lowest BCUT2D eigenvalue weighted by Crippen LogP contribution is -2.51. The first-order valence-electron chi connectivity index (χ1n) is 4.66. The van der Waals surface area contributed by atoms with E-state index in [2.05, 4.69) is 5.32 Å². The predicted octanol–water partition coefficient (Wildman–Crippen LogP) is 1.52. The molecular weight excluding hydrogens is 166 g/mol. The molecule has 0 radical (unpaired) electrons. The highest BCUT2D eigenvalue weighted by Crippen LogP contribution is 2.11. The third-order valence-electron chi connectivity index (χ3n) is 1.91. The van der Waals surface area contributed by atoms with Gasteiger partial charge in [-0.2, -0.15) is 0 Å². The van der Waals surface area contributed by atoms with Crippen LogP contribution in [0.4, 0.5) is 0 Å². The smallest absolute Gasteiger partial charge is 0.220 e. The van der Waals surface area contributed by atoms with Crippen molar-refractivity contribution in [2.75, 3.05) is 0 Å². The van der Waals surface area contributed by atoms with Gasteiger partial charge in [0.15, 0.2) is 5.78 Å². The van der Waals surface area contributed by atoms with E-state index in [0.29, 0.717) is 6.42 Å². The Morgan fingerprint density at radius 3 is 2.08 bits per heavy atom. The second-order valence-electron chi connectivity index (χ2n) is 4.05. The normalized spacial score (nSPS) is 11.5. The Morgan fingerprint density at radius 2 is 1.77 bits per heavy atom. The van der Waals surface area contributed by atoms with Crippen LogP contribution in [0.3, 0.4) is 0 Å². The van der Waals surface area contributed by atoms with Crippen LogP contribution in [0.15, 0.2) is 0 Å². The van der Waals surface area contributed by atoms with Crippen LogP contribution < -0.4 is 5.32 Å². The molecule has 0 bridgehead atoms. The summed E-state index contributed by atoms with van der Waals surface area (Å²) < 4.78 is 0. The molecule has 13 heavy (non-hydrogen) atoms. The van der Waals surface area contributed by atoms with Crippen LogP contribution in [0.1, 0.15) is 41.0 Å². The minimum atomic E-state index is -0.735. The second kappa shape index (κ2) is 4.40. The molecule has 0 aromatic carbocycles. The minimum absolute atomic E-state index is 0.0489. The molecule has 0 aliphatic rings. The van der Waals surface area contributed by atoms with Crippen LogP contribution >= 0.6 is 0 Å². The number of carbonyl (C=O) groups is 2. The van der Waals surface area contributed by atoms with Crippen molar-refractivity contribution in [3.63, 3.8) is 0 Å². The van der Waals surface area contributed by atoms with Gasteiger partial charge < -0.3 is 5.32 Å². The van der Waals surface area contributed by atoms with Crippen LogP contribution in [0, 0.1) is 5.92 Å². The zero-order valence-electron chi connectivity index (χ0n) is 9.10. The van der Waals surface area contributed by atoms with Gasteiger partial charge in [0.25, 0.3) is 0 Å². The van der Waals surface area contributed by atoms with Gasteiger partial charge in [0.1, 0.15) is 0 Å². The van der Waals surface area contributed by atoms with Gasteiger partial charge in [-0.25, -0.2) is 0 Å². The quantitative estimate of drug-likeness (QED) is 0.721. The molecule has 1 amide bonds. The van der Waals surface area contributed by atoms with Gasteiger partial charge in [-0.1, -0.05) is 20.8 Å². The average molecular weight is 185 g/mol. The lowest BCUT2D eigenvalue weighted by molar-refractivity contribution is -0.132. The van der Waals surface area contributed by atoms with Crippen molar-refractivity contribution in [2.24, 2.45) is 5.92 Å². The largest absolute Gasteiger partial charge is 0.344 e. The summed E-state index contributed by atoms with van der Waals surface area (Å²) in [6.07, 6.45) is 0.412. The van der Waals surface area contributed by atoms with E-state index in [0.717, 1.165) is 0 Å². The summed E-state index contributed by atoms with van der Waals surface area (Å²) in [6, 6.07) is 0. The third kappa shape index (κ3) is 3.57. The number of nitrogens with one attached hydrogen (secondary N) is 1. The standard InChI is InChI=1S/C10H19NO2/c1-6-8(12)11-10(4,5)9(13)7(2)3/h7H,6H2,1-5H3,(H,11,12). The van der Waals surface area contributed by atoms with Crippen molar-refractivity contribution in [3.05, 3.63) is 0 Å². The van der Waals surface area contributed by atoms with Gasteiger partial charge in [0.2, 0.25) is 5.91 Å². The maximum Gasteiger partial charge on any atom is 0.220 e. The van der Waals surface area contributed by atoms with Crippen LogP contribution in [0.5, 0.6) is 0 Å². The molecule has 0 atom stereocenters. The minimum Gasteiger partial charge on any atom is -0.344 e. The number of hydrogen-bond acceptors (Lipinski definition) is 2. The highest BCUT2D eigenvalue weighted by molar-refractivity contribution is 5.93. The highest BCUT2D eigenvalue weighted by Gasteiger charge is 2.30. The van der Waals surface area contributed by atoms with Crippen molar-refractivity contribution in [1.82, 2.24) is 5.32 Å². The molecule has 0 saturated carbocycles. The summed E-state index contributed by atoms with van der Waals surface area (Å²) in [5, 5.41) is 2.70. The molecule has 1 N–H and O–H groups in total. The van der Waals surface area contributed by atoms with E-state index >= 15 is 0 Å². The zero-order chi connectivity index (χ0) is 10.6. The number of ketones is 1. The first kappa shape index (κ1) is 12.1. The number of amides is 1. The van der Waals surface area contributed by atoms with Crippen LogP contribution in [0.2, 0.25) is 0 Å². The van der Waals surface area contributed by atoms with E-state index in [1.54, 1.807) is 20.8 Å². The van der Waals surface area contributed by atoms with Crippen molar-refractivity contribution in [2.45, 2.75) is 46.6 Å². The van der Waals surface area contributed by atoms with Gasteiger partial charge in [-0.3, -0.25) is 9.59 Å². The number of carbonyl (C=O) groups excluding carboxylic acids is 2. The first-order valence-corrected chi connectivity index (χ1v) is 4.66. The monoisotopic (exact) mass is 185 g/mol. The Morgan fingerprint density at radius 1 is 1.31 bits per heavy atom. The summed E-state index contributed by atoms with van der Waals surface area (Å²) in [6.45, 7) is 8.92. The van der Waals surface area contributed by atoms with Crippen LogP contribution in [0.25, 0.3) is 0 Å². The molecule has 3 heteroatoms. The first-order chi connectivity index (χ1) is 5.81. The van der Waals surface area contributed by atoms with E-state index < -0.39 is 5.54 Å². The SMILES string of the molecule is CCC(=O)NC(C)(C)C(=O)C(C)C. The Bertz CT molecular complexity index is 207. The van der Waals surface area contributed by atoms with Crippen molar-refractivity contribution >= 4 is 11.7 Å². The van der Waals surface area contributed by atoms with E-state index in [1.165, 1.54) is 0 Å². The molecule has 0 aliphatic carbocycles. The molecule has 0 aromatic rings. The lowest BCUT2D eigenvalue weighted by atomic mass is 9.91. The lowest BCUT2D eigenvalue weighted by Gasteiger charge is -2.26. The van der Waals surface area contributed by atoms with Crippen molar-refractivity contribution in [1.29, 1.82) is 0 Å². The maximum absolute atomic E-state index is 11.6. The Labute approximate surface area is 79.9 Å². The fourth-order valence-electron chi connectivity index (χ4n) is 1.22. The molecule has 0 aromatic heterocycles. The van der Waals surface area contributed by atoms with Gasteiger partial charge >= 0.3 is 0 Å². The van der Waals surface area contributed by atoms with Gasteiger partial charge in [-0.15, -0.1) is 0 Å². The number of Topliss-reactive ketones (excluding diaryl/α,β-unsaturated/α-hetero) is 1. The molecule has 0 unspecified atom stereocenters. The highest BCUT2D eigenvalue weighted by atomic mass is 16.2. The Hall–Kier alpha value is -0.860. The molecule has 0 rings (SSSR count). The average Bonchev–Trinajstić information content (AvgIpc) is 2.01. The second-order valence-corrected chi connectivity index (χ2v) is 4.05. The predicted molar refractivity (Wildman–Crippen MR) is 52.4 cm³/mol. The number of hydrogen-bond donors (Lipinski definition) is 1. The molecule has 0 saturated heterocycles. The summed E-state index contributed by atoms with van der Waals surface area (Å²) in [4.78, 5) is 22.7. The third-order valence-corrected chi connectivity index (χ3v) is 1.91. The fraction of sp³-hybridized carbons (Fsp3) is 0.800. The summed E-state index contributed by atoms with van der Waals surface area (Å²) in [7, 11) is 0. The van der Waals surface area contributed by atoms with E-state index in [4.69, 9.17) is 0 Å². The van der Waals surface area contributed by atoms with E-state index in [9.17, 15) is 9.59 Å². The molecule has 0 aliphatic heterocycles. The van der Waals surface area contributed by atoms with Crippen molar-refractivity contribution < 1.29 is 9.59 Å². The van der Waals surface area contributed by atoms with Gasteiger partial charge in [0, 0.05) is 12.3 Å². The Balaban J connectivity index is 4.39. The van der Waals surface area contributed by atoms with Crippen LogP contribution in [-0.4, -0.2) is 17.2 Å². The molecule has 76 valence electrons. The maximum atomic E-state index is 11.6. The summed E-state index contributed by atoms with van der Waals surface area (Å²) >= 11 is 0. The summed E-state index contributed by atoms with van der Waals surface area (Å²) in [5.41, 5.74) is -0.735. The molecule has 0 heterocycles. The molecule has 0 spiro atoms.